The minimum absolute atomic E-state index is 0.240. The van der Waals surface area contributed by atoms with Gasteiger partial charge in [-0.05, 0) is 42.9 Å². The molecule has 2 heterocycles. The van der Waals surface area contributed by atoms with Crippen LogP contribution in [0.15, 0.2) is 53.7 Å². The maximum atomic E-state index is 13.1. The van der Waals surface area contributed by atoms with Crippen molar-refractivity contribution in [3.8, 4) is 0 Å². The molecule has 0 radical (unpaired) electrons. The van der Waals surface area contributed by atoms with Gasteiger partial charge < -0.3 is 11.1 Å². The first-order chi connectivity index (χ1) is 13.5. The number of nitrogens with one attached hydrogen (secondary N) is 1. The Hall–Kier alpha value is -2.54. The van der Waals surface area contributed by atoms with Gasteiger partial charge in [0.1, 0.15) is 0 Å². The van der Waals surface area contributed by atoms with E-state index in [1.807, 2.05) is 0 Å². The first kappa shape index (κ1) is 17.6. The van der Waals surface area contributed by atoms with Gasteiger partial charge in [-0.25, -0.2) is 17.4 Å². The summed E-state index contributed by atoms with van der Waals surface area (Å²) in [5.74, 6) is 1.64. The molecule has 3 atom stereocenters. The molecule has 5 rings (SSSR count). The molecule has 2 saturated carbocycles. The normalized spacial score (nSPS) is 24.5. The molecular weight excluding hydrogens is 372 g/mol. The summed E-state index contributed by atoms with van der Waals surface area (Å²) in [5, 5.41) is 4.36. The smallest absolute Gasteiger partial charge is 0.269 e. The first-order valence-electron chi connectivity index (χ1n) is 9.87. The van der Waals surface area contributed by atoms with Crippen molar-refractivity contribution in [2.24, 2.45) is 11.8 Å². The van der Waals surface area contributed by atoms with E-state index in [4.69, 9.17) is 5.73 Å². The van der Waals surface area contributed by atoms with Crippen LogP contribution in [-0.4, -0.2) is 23.4 Å². The Morgan fingerprint density at radius 2 is 1.79 bits per heavy atom. The molecule has 28 heavy (non-hydrogen) atoms. The summed E-state index contributed by atoms with van der Waals surface area (Å²) < 4.78 is 27.3. The number of aromatic nitrogens is 2. The van der Waals surface area contributed by atoms with Gasteiger partial charge in [0, 0.05) is 17.6 Å². The zero-order valence-corrected chi connectivity index (χ0v) is 16.4. The molecule has 0 spiro atoms. The van der Waals surface area contributed by atoms with Gasteiger partial charge in [-0.2, -0.15) is 0 Å². The lowest BCUT2D eigenvalue weighted by molar-refractivity contribution is 0.457. The third-order valence-electron chi connectivity index (χ3n) is 6.35. The largest absolute Gasteiger partial charge is 0.396 e. The maximum absolute atomic E-state index is 13.1. The van der Waals surface area contributed by atoms with Crippen molar-refractivity contribution < 1.29 is 8.42 Å². The standard InChI is InChI=1S/C21H24N4O2S/c22-19-13-23-21-18(20(19)24-16-11-14-5-4-6-15(14)12-16)9-10-25(21)28(26,27)17-7-2-1-3-8-17/h1-3,7-10,13-16H,4-6,11-12,22H2,(H,23,24)/t14-,15+,16?. The highest BCUT2D eigenvalue weighted by molar-refractivity contribution is 7.90. The fourth-order valence-electron chi connectivity index (χ4n) is 5.02. The summed E-state index contributed by atoms with van der Waals surface area (Å²) >= 11 is 0. The van der Waals surface area contributed by atoms with Crippen LogP contribution < -0.4 is 11.1 Å². The Kier molecular flexibility index (Phi) is 4.08. The quantitative estimate of drug-likeness (QED) is 0.699. The van der Waals surface area contributed by atoms with Crippen LogP contribution in [-0.2, 0) is 10.0 Å². The van der Waals surface area contributed by atoms with Gasteiger partial charge in [-0.3, -0.25) is 0 Å². The van der Waals surface area contributed by atoms with E-state index < -0.39 is 10.0 Å². The van der Waals surface area contributed by atoms with Crippen molar-refractivity contribution >= 4 is 32.4 Å². The highest BCUT2D eigenvalue weighted by atomic mass is 32.2. The number of pyridine rings is 1. The van der Waals surface area contributed by atoms with E-state index in [0.717, 1.165) is 35.8 Å². The van der Waals surface area contributed by atoms with Crippen LogP contribution >= 0.6 is 0 Å². The monoisotopic (exact) mass is 396 g/mol. The van der Waals surface area contributed by atoms with Crippen LogP contribution in [0.25, 0.3) is 11.0 Å². The Morgan fingerprint density at radius 1 is 1.07 bits per heavy atom. The van der Waals surface area contributed by atoms with Gasteiger partial charge in [-0.15, -0.1) is 0 Å². The molecule has 146 valence electrons. The predicted molar refractivity (Wildman–Crippen MR) is 111 cm³/mol. The molecule has 0 bridgehead atoms. The van der Waals surface area contributed by atoms with Crippen molar-refractivity contribution in [2.45, 2.75) is 43.0 Å². The van der Waals surface area contributed by atoms with Crippen molar-refractivity contribution in [1.29, 1.82) is 0 Å². The number of rotatable bonds is 4. The molecule has 2 aromatic heterocycles. The van der Waals surface area contributed by atoms with Crippen LogP contribution in [0, 0.1) is 11.8 Å². The minimum Gasteiger partial charge on any atom is -0.396 e. The van der Waals surface area contributed by atoms with Gasteiger partial charge in [0.05, 0.1) is 22.5 Å². The van der Waals surface area contributed by atoms with Crippen LogP contribution in [0.5, 0.6) is 0 Å². The molecule has 0 aliphatic heterocycles. The molecule has 6 nitrogen and oxygen atoms in total. The number of nitrogen functional groups attached to an aromatic ring is 1. The van der Waals surface area contributed by atoms with Crippen LogP contribution in [0.2, 0.25) is 0 Å². The molecule has 3 aromatic rings. The zero-order valence-electron chi connectivity index (χ0n) is 15.6. The summed E-state index contributed by atoms with van der Waals surface area (Å²) in [7, 11) is -3.71. The average molecular weight is 397 g/mol. The number of nitrogens with zero attached hydrogens (tertiary/aromatic N) is 2. The lowest BCUT2D eigenvalue weighted by atomic mass is 10.0. The third kappa shape index (κ3) is 2.76. The van der Waals surface area contributed by atoms with Crippen molar-refractivity contribution in [3.63, 3.8) is 0 Å². The van der Waals surface area contributed by atoms with Crippen molar-refractivity contribution in [3.05, 3.63) is 48.8 Å². The van der Waals surface area contributed by atoms with Crippen LogP contribution in [0.4, 0.5) is 11.4 Å². The van der Waals surface area contributed by atoms with Gasteiger partial charge >= 0.3 is 0 Å². The molecule has 1 unspecified atom stereocenters. The second kappa shape index (κ2) is 6.51. The van der Waals surface area contributed by atoms with Crippen LogP contribution in [0.1, 0.15) is 32.1 Å². The van der Waals surface area contributed by atoms with Gasteiger partial charge in [0.15, 0.2) is 5.65 Å². The SMILES string of the molecule is Nc1cnc2c(ccn2S(=O)(=O)c2ccccc2)c1NC1C[C@H]2CCC[C@H]2C1. The molecule has 3 N–H and O–H groups in total. The summed E-state index contributed by atoms with van der Waals surface area (Å²) in [4.78, 5) is 4.58. The number of hydrogen-bond acceptors (Lipinski definition) is 5. The number of hydrogen-bond donors (Lipinski definition) is 2. The van der Waals surface area contributed by atoms with Gasteiger partial charge in [0.25, 0.3) is 10.0 Å². The number of benzene rings is 1. The Morgan fingerprint density at radius 3 is 2.50 bits per heavy atom. The lowest BCUT2D eigenvalue weighted by Gasteiger charge is -2.18. The molecule has 0 amide bonds. The summed E-state index contributed by atoms with van der Waals surface area (Å²) in [6.45, 7) is 0. The summed E-state index contributed by atoms with van der Waals surface area (Å²) in [5.41, 5.74) is 7.99. The van der Waals surface area contributed by atoms with Crippen molar-refractivity contribution in [2.75, 3.05) is 11.1 Å². The fourth-order valence-corrected chi connectivity index (χ4v) is 6.35. The molecule has 2 aliphatic carbocycles. The predicted octanol–water partition coefficient (Wildman–Crippen LogP) is 3.85. The average Bonchev–Trinajstić information content (AvgIpc) is 3.39. The van der Waals surface area contributed by atoms with Gasteiger partial charge in [-0.1, -0.05) is 37.5 Å². The van der Waals surface area contributed by atoms with E-state index in [0.29, 0.717) is 17.4 Å². The fraction of sp³-hybridized carbons (Fsp3) is 0.381. The van der Waals surface area contributed by atoms with E-state index in [2.05, 4.69) is 10.3 Å². The Labute approximate surface area is 164 Å². The molecule has 2 aliphatic rings. The second-order valence-electron chi connectivity index (χ2n) is 8.02. The van der Waals surface area contributed by atoms with Crippen molar-refractivity contribution in [1.82, 2.24) is 8.96 Å². The molecular formula is C21H24N4O2S. The number of anilines is 2. The summed E-state index contributed by atoms with van der Waals surface area (Å²) in [6, 6.07) is 10.6. The minimum atomic E-state index is -3.71. The molecule has 1 aromatic carbocycles. The maximum Gasteiger partial charge on any atom is 0.269 e. The highest BCUT2D eigenvalue weighted by Crippen LogP contribution is 2.45. The van der Waals surface area contributed by atoms with Crippen LogP contribution in [0.3, 0.4) is 0 Å². The number of nitrogens with two attached hydrogens (primary N) is 1. The molecule has 0 saturated heterocycles. The summed E-state index contributed by atoms with van der Waals surface area (Å²) in [6.07, 6.45) is 9.45. The topological polar surface area (TPSA) is 90.0 Å². The van der Waals surface area contributed by atoms with E-state index in [-0.39, 0.29) is 4.90 Å². The van der Waals surface area contributed by atoms with E-state index >= 15 is 0 Å². The van der Waals surface area contributed by atoms with Gasteiger partial charge in [0.2, 0.25) is 0 Å². The van der Waals surface area contributed by atoms with E-state index in [9.17, 15) is 8.42 Å². The Balaban J connectivity index is 1.53. The zero-order chi connectivity index (χ0) is 19.3. The highest BCUT2D eigenvalue weighted by Gasteiger charge is 2.37. The lowest BCUT2D eigenvalue weighted by Crippen LogP contribution is -2.18. The third-order valence-corrected chi connectivity index (χ3v) is 8.03. The Bertz CT molecular complexity index is 1110. The van der Waals surface area contributed by atoms with E-state index in [1.165, 1.54) is 23.2 Å². The number of fused-ring (bicyclic) bond motifs is 2. The first-order valence-corrected chi connectivity index (χ1v) is 11.3. The second-order valence-corrected chi connectivity index (χ2v) is 9.83. The molecule has 2 fully saturated rings. The van der Waals surface area contributed by atoms with E-state index in [1.54, 1.807) is 48.8 Å². The molecule has 7 heteroatoms.